The molecule has 0 aliphatic carbocycles. The van der Waals surface area contributed by atoms with E-state index in [-0.39, 0.29) is 18.5 Å². The lowest BCUT2D eigenvalue weighted by molar-refractivity contribution is -0.682. The quantitative estimate of drug-likeness (QED) is 0.823. The zero-order valence-electron chi connectivity index (χ0n) is 15.1. The SMILES string of the molecule is Cc1cccc(C(C)C)c1NC(=O)C[NH2+][C@@H](C)c1ccc(F)c(F)c1. The van der Waals surface area contributed by atoms with Gasteiger partial charge in [0.2, 0.25) is 0 Å². The molecule has 134 valence electrons. The second-order valence-electron chi connectivity index (χ2n) is 6.64. The number of quaternary nitrogens is 1. The molecule has 25 heavy (non-hydrogen) atoms. The maximum absolute atomic E-state index is 13.3. The molecule has 2 rings (SSSR count). The van der Waals surface area contributed by atoms with Crippen LogP contribution in [0.1, 0.15) is 49.4 Å². The van der Waals surface area contributed by atoms with Crippen LogP contribution in [-0.4, -0.2) is 12.5 Å². The van der Waals surface area contributed by atoms with E-state index in [1.807, 2.05) is 32.0 Å². The number of hydrogen-bond donors (Lipinski definition) is 2. The summed E-state index contributed by atoms with van der Waals surface area (Å²) in [4.78, 5) is 12.3. The highest BCUT2D eigenvalue weighted by Gasteiger charge is 2.16. The first-order valence-corrected chi connectivity index (χ1v) is 8.47. The minimum absolute atomic E-state index is 0.120. The van der Waals surface area contributed by atoms with Gasteiger partial charge in [-0.15, -0.1) is 0 Å². The lowest BCUT2D eigenvalue weighted by atomic mass is 9.98. The van der Waals surface area contributed by atoms with Gasteiger partial charge in [0.25, 0.3) is 5.91 Å². The number of nitrogens with two attached hydrogens (primary N) is 1. The number of rotatable bonds is 6. The van der Waals surface area contributed by atoms with E-state index in [2.05, 4.69) is 19.2 Å². The third-order valence-corrected chi connectivity index (χ3v) is 4.32. The van der Waals surface area contributed by atoms with E-state index in [4.69, 9.17) is 0 Å². The molecule has 0 aliphatic rings. The fraction of sp³-hybridized carbons (Fsp3) is 0.350. The van der Waals surface area contributed by atoms with Crippen molar-refractivity contribution in [3.05, 3.63) is 64.7 Å². The summed E-state index contributed by atoms with van der Waals surface area (Å²) in [5, 5.41) is 4.78. The first kappa shape index (κ1) is 19.1. The highest BCUT2D eigenvalue weighted by atomic mass is 19.2. The van der Waals surface area contributed by atoms with Crippen LogP contribution in [0.2, 0.25) is 0 Å². The van der Waals surface area contributed by atoms with Crippen LogP contribution in [0.4, 0.5) is 14.5 Å². The summed E-state index contributed by atoms with van der Waals surface area (Å²) in [6.07, 6.45) is 0. The van der Waals surface area contributed by atoms with Crippen LogP contribution in [-0.2, 0) is 4.79 Å². The Balaban J connectivity index is 2.00. The van der Waals surface area contributed by atoms with Crippen LogP contribution in [0.5, 0.6) is 0 Å². The van der Waals surface area contributed by atoms with E-state index in [0.29, 0.717) is 11.5 Å². The molecular formula is C20H25F2N2O+. The monoisotopic (exact) mass is 347 g/mol. The summed E-state index contributed by atoms with van der Waals surface area (Å²) in [7, 11) is 0. The predicted octanol–water partition coefficient (Wildman–Crippen LogP) is 3.66. The summed E-state index contributed by atoms with van der Waals surface area (Å²) >= 11 is 0. The van der Waals surface area contributed by atoms with Gasteiger partial charge in [0, 0.05) is 11.3 Å². The Morgan fingerprint density at radius 3 is 2.48 bits per heavy atom. The van der Waals surface area contributed by atoms with Crippen molar-refractivity contribution in [3.8, 4) is 0 Å². The number of carbonyl (C=O) groups is 1. The topological polar surface area (TPSA) is 45.7 Å². The molecule has 0 spiro atoms. The van der Waals surface area contributed by atoms with Crippen molar-refractivity contribution < 1.29 is 18.9 Å². The maximum atomic E-state index is 13.3. The number of para-hydroxylation sites is 1. The second kappa shape index (κ2) is 8.21. The molecule has 0 radical (unpaired) electrons. The molecule has 0 unspecified atom stereocenters. The molecule has 0 fully saturated rings. The van der Waals surface area contributed by atoms with Crippen molar-refractivity contribution in [2.45, 2.75) is 39.7 Å². The Bertz CT molecular complexity index is 759. The van der Waals surface area contributed by atoms with Crippen molar-refractivity contribution in [2.75, 3.05) is 11.9 Å². The molecule has 2 aromatic rings. The Hall–Kier alpha value is -2.27. The van der Waals surface area contributed by atoms with Gasteiger partial charge in [0.05, 0.1) is 0 Å². The summed E-state index contributed by atoms with van der Waals surface area (Å²) in [6, 6.07) is 9.63. The van der Waals surface area contributed by atoms with Crippen molar-refractivity contribution in [2.24, 2.45) is 0 Å². The minimum Gasteiger partial charge on any atom is -0.333 e. The fourth-order valence-electron chi connectivity index (χ4n) is 2.75. The Morgan fingerprint density at radius 2 is 1.84 bits per heavy atom. The van der Waals surface area contributed by atoms with Gasteiger partial charge in [-0.1, -0.05) is 32.0 Å². The van der Waals surface area contributed by atoms with Gasteiger partial charge in [-0.25, -0.2) is 8.78 Å². The molecule has 2 aromatic carbocycles. The molecule has 0 aliphatic heterocycles. The molecule has 3 N–H and O–H groups in total. The summed E-state index contributed by atoms with van der Waals surface area (Å²) < 4.78 is 26.3. The van der Waals surface area contributed by atoms with Gasteiger partial charge in [-0.2, -0.15) is 0 Å². The Kier molecular flexibility index (Phi) is 6.26. The molecule has 0 saturated heterocycles. The number of nitrogens with one attached hydrogen (secondary N) is 1. The highest BCUT2D eigenvalue weighted by molar-refractivity contribution is 5.93. The van der Waals surface area contributed by atoms with Gasteiger partial charge in [-0.3, -0.25) is 4.79 Å². The first-order valence-electron chi connectivity index (χ1n) is 8.47. The molecule has 5 heteroatoms. The summed E-state index contributed by atoms with van der Waals surface area (Å²) in [5.41, 5.74) is 3.62. The lowest BCUT2D eigenvalue weighted by Gasteiger charge is -2.17. The lowest BCUT2D eigenvalue weighted by Crippen LogP contribution is -2.86. The molecule has 0 aromatic heterocycles. The standard InChI is InChI=1S/C20H24F2N2O/c1-12(2)16-7-5-6-13(3)20(16)24-19(25)11-23-14(4)15-8-9-17(21)18(22)10-15/h5-10,12,14,23H,11H2,1-4H3,(H,24,25)/p+1/t14-/m0/s1. The number of halogens is 2. The summed E-state index contributed by atoms with van der Waals surface area (Å²) in [6.45, 7) is 8.19. The second-order valence-corrected chi connectivity index (χ2v) is 6.64. The smallest absolute Gasteiger partial charge is 0.279 e. The zero-order chi connectivity index (χ0) is 18.6. The van der Waals surface area contributed by atoms with Gasteiger partial charge < -0.3 is 10.6 Å². The third-order valence-electron chi connectivity index (χ3n) is 4.32. The predicted molar refractivity (Wildman–Crippen MR) is 95.5 cm³/mol. The van der Waals surface area contributed by atoms with Crippen molar-refractivity contribution in [3.63, 3.8) is 0 Å². The van der Waals surface area contributed by atoms with E-state index < -0.39 is 11.6 Å². The molecule has 1 amide bonds. The largest absolute Gasteiger partial charge is 0.333 e. The minimum atomic E-state index is -0.872. The van der Waals surface area contributed by atoms with Crippen LogP contribution < -0.4 is 10.6 Å². The number of amides is 1. The number of benzene rings is 2. The molecule has 0 heterocycles. The molecule has 3 nitrogen and oxygen atoms in total. The first-order chi connectivity index (χ1) is 11.8. The van der Waals surface area contributed by atoms with E-state index in [1.54, 1.807) is 5.32 Å². The van der Waals surface area contributed by atoms with Crippen LogP contribution in [0.3, 0.4) is 0 Å². The highest BCUT2D eigenvalue weighted by Crippen LogP contribution is 2.27. The summed E-state index contributed by atoms with van der Waals surface area (Å²) in [5.74, 6) is -1.55. The molecule has 0 saturated carbocycles. The van der Waals surface area contributed by atoms with Crippen molar-refractivity contribution in [1.29, 1.82) is 0 Å². The number of carbonyl (C=O) groups excluding carboxylic acids is 1. The van der Waals surface area contributed by atoms with E-state index in [0.717, 1.165) is 22.9 Å². The van der Waals surface area contributed by atoms with E-state index in [1.165, 1.54) is 12.1 Å². The normalized spacial score (nSPS) is 12.3. The van der Waals surface area contributed by atoms with Crippen molar-refractivity contribution >= 4 is 11.6 Å². The van der Waals surface area contributed by atoms with Crippen LogP contribution >= 0.6 is 0 Å². The fourth-order valence-corrected chi connectivity index (χ4v) is 2.75. The Morgan fingerprint density at radius 1 is 1.12 bits per heavy atom. The van der Waals surface area contributed by atoms with Gasteiger partial charge in [0.1, 0.15) is 6.04 Å². The average molecular weight is 347 g/mol. The van der Waals surface area contributed by atoms with Crippen LogP contribution in [0.15, 0.2) is 36.4 Å². The average Bonchev–Trinajstić information content (AvgIpc) is 2.56. The van der Waals surface area contributed by atoms with Gasteiger partial charge >= 0.3 is 0 Å². The zero-order valence-corrected chi connectivity index (χ0v) is 15.1. The Labute approximate surface area is 147 Å². The van der Waals surface area contributed by atoms with Crippen LogP contribution in [0, 0.1) is 18.6 Å². The van der Waals surface area contributed by atoms with E-state index in [9.17, 15) is 13.6 Å². The third kappa shape index (κ3) is 4.86. The van der Waals surface area contributed by atoms with Crippen molar-refractivity contribution in [1.82, 2.24) is 0 Å². The maximum Gasteiger partial charge on any atom is 0.279 e. The molecule has 0 bridgehead atoms. The van der Waals surface area contributed by atoms with Gasteiger partial charge in [-0.05, 0) is 49.1 Å². The van der Waals surface area contributed by atoms with Gasteiger partial charge in [0.15, 0.2) is 18.2 Å². The van der Waals surface area contributed by atoms with E-state index >= 15 is 0 Å². The molecule has 1 atom stereocenters. The number of anilines is 1. The number of hydrogen-bond acceptors (Lipinski definition) is 1. The number of aryl methyl sites for hydroxylation is 1. The van der Waals surface area contributed by atoms with Crippen LogP contribution in [0.25, 0.3) is 0 Å². The molecular weight excluding hydrogens is 322 g/mol.